The number of ether oxygens (including phenoxy) is 1. The van der Waals surface area contributed by atoms with Gasteiger partial charge in [0.2, 0.25) is 5.91 Å². The lowest BCUT2D eigenvalue weighted by atomic mass is 10.0. The fraction of sp³-hybridized carbons (Fsp3) is 0.688. The quantitative estimate of drug-likeness (QED) is 0.857. The van der Waals surface area contributed by atoms with Gasteiger partial charge in [0.05, 0.1) is 12.6 Å². The number of anilines is 1. The van der Waals surface area contributed by atoms with Crippen molar-refractivity contribution < 1.29 is 9.53 Å². The average molecular weight is 289 g/mol. The first-order valence-corrected chi connectivity index (χ1v) is 7.85. The van der Waals surface area contributed by atoms with E-state index in [4.69, 9.17) is 4.74 Å². The predicted molar refractivity (Wildman–Crippen MR) is 80.5 cm³/mol. The summed E-state index contributed by atoms with van der Waals surface area (Å²) in [6.45, 7) is 7.61. The van der Waals surface area contributed by atoms with E-state index in [-0.39, 0.29) is 17.9 Å². The Morgan fingerprint density at radius 1 is 1.33 bits per heavy atom. The fourth-order valence-corrected chi connectivity index (χ4v) is 3.04. The smallest absolute Gasteiger partial charge is 0.228 e. The molecule has 0 radical (unpaired) electrons. The molecule has 3 rings (SSSR count). The fourth-order valence-electron chi connectivity index (χ4n) is 3.04. The van der Waals surface area contributed by atoms with Gasteiger partial charge in [0, 0.05) is 30.2 Å². The van der Waals surface area contributed by atoms with Crippen molar-refractivity contribution in [2.45, 2.75) is 58.5 Å². The van der Waals surface area contributed by atoms with Crippen LogP contribution in [0.4, 0.5) is 5.82 Å². The SMILES string of the molecule is Cc1nc(C(C)C)nc2c1CCC(=O)N2C[C@@H]1CCCO1. The van der Waals surface area contributed by atoms with Gasteiger partial charge >= 0.3 is 0 Å². The first-order chi connectivity index (χ1) is 10.1. The minimum absolute atomic E-state index is 0.151. The third kappa shape index (κ3) is 2.79. The van der Waals surface area contributed by atoms with E-state index in [1.54, 1.807) is 0 Å². The molecule has 1 aromatic heterocycles. The highest BCUT2D eigenvalue weighted by Crippen LogP contribution is 2.30. The number of hydrogen-bond acceptors (Lipinski definition) is 4. The van der Waals surface area contributed by atoms with Crippen LogP contribution >= 0.6 is 0 Å². The molecule has 1 saturated heterocycles. The Bertz CT molecular complexity index is 551. The van der Waals surface area contributed by atoms with Crippen LogP contribution in [-0.4, -0.2) is 35.1 Å². The van der Waals surface area contributed by atoms with E-state index in [2.05, 4.69) is 23.8 Å². The van der Waals surface area contributed by atoms with Gasteiger partial charge in [-0.2, -0.15) is 0 Å². The first kappa shape index (κ1) is 14.4. The highest BCUT2D eigenvalue weighted by Gasteiger charge is 2.31. The molecule has 1 aromatic rings. The van der Waals surface area contributed by atoms with E-state index in [9.17, 15) is 4.79 Å². The van der Waals surface area contributed by atoms with Crippen molar-refractivity contribution in [2.75, 3.05) is 18.1 Å². The topological polar surface area (TPSA) is 55.3 Å². The number of rotatable bonds is 3. The number of carbonyl (C=O) groups excluding carboxylic acids is 1. The van der Waals surface area contributed by atoms with Crippen LogP contribution in [0.5, 0.6) is 0 Å². The Morgan fingerprint density at radius 2 is 2.14 bits per heavy atom. The molecule has 0 aromatic carbocycles. The van der Waals surface area contributed by atoms with Crippen molar-refractivity contribution in [3.05, 3.63) is 17.1 Å². The average Bonchev–Trinajstić information content (AvgIpc) is 2.94. The maximum Gasteiger partial charge on any atom is 0.228 e. The molecule has 2 aliphatic heterocycles. The van der Waals surface area contributed by atoms with Crippen LogP contribution < -0.4 is 4.90 Å². The van der Waals surface area contributed by atoms with Gasteiger partial charge in [0.15, 0.2) is 0 Å². The van der Waals surface area contributed by atoms with E-state index >= 15 is 0 Å². The summed E-state index contributed by atoms with van der Waals surface area (Å²) in [5.74, 6) is 2.05. The van der Waals surface area contributed by atoms with Crippen LogP contribution in [0.25, 0.3) is 0 Å². The normalized spacial score (nSPS) is 22.0. The molecule has 114 valence electrons. The van der Waals surface area contributed by atoms with Crippen LogP contribution in [0.1, 0.15) is 56.1 Å². The zero-order chi connectivity index (χ0) is 15.0. The Kier molecular flexibility index (Phi) is 3.93. The number of fused-ring (bicyclic) bond motifs is 1. The maximum atomic E-state index is 12.3. The van der Waals surface area contributed by atoms with Gasteiger partial charge in [-0.05, 0) is 26.2 Å². The molecule has 5 heteroatoms. The van der Waals surface area contributed by atoms with Gasteiger partial charge in [-0.25, -0.2) is 9.97 Å². The largest absolute Gasteiger partial charge is 0.376 e. The van der Waals surface area contributed by atoms with E-state index < -0.39 is 0 Å². The summed E-state index contributed by atoms with van der Waals surface area (Å²) in [4.78, 5) is 23.5. The van der Waals surface area contributed by atoms with Crippen molar-refractivity contribution in [3.63, 3.8) is 0 Å². The zero-order valence-corrected chi connectivity index (χ0v) is 13.1. The van der Waals surface area contributed by atoms with Crippen molar-refractivity contribution in [3.8, 4) is 0 Å². The molecular weight excluding hydrogens is 266 g/mol. The first-order valence-electron chi connectivity index (χ1n) is 7.85. The number of amides is 1. The van der Waals surface area contributed by atoms with Crippen LogP contribution in [0, 0.1) is 6.92 Å². The molecule has 0 aliphatic carbocycles. The highest BCUT2D eigenvalue weighted by atomic mass is 16.5. The summed E-state index contributed by atoms with van der Waals surface area (Å²) in [5, 5.41) is 0. The third-order valence-corrected chi connectivity index (χ3v) is 4.28. The standard InChI is InChI=1S/C16H23N3O2/c1-10(2)15-17-11(3)13-6-7-14(20)19(16(13)18-15)9-12-5-4-8-21-12/h10,12H,4-9H2,1-3H3/t12-/m0/s1. The monoisotopic (exact) mass is 289 g/mol. The number of aromatic nitrogens is 2. The maximum absolute atomic E-state index is 12.3. The zero-order valence-electron chi connectivity index (χ0n) is 13.1. The Hall–Kier alpha value is -1.49. The minimum Gasteiger partial charge on any atom is -0.376 e. The summed E-state index contributed by atoms with van der Waals surface area (Å²) in [7, 11) is 0. The lowest BCUT2D eigenvalue weighted by Gasteiger charge is -2.31. The van der Waals surface area contributed by atoms with Crippen LogP contribution in [0.3, 0.4) is 0 Å². The number of nitrogens with zero attached hydrogens (tertiary/aromatic N) is 3. The summed E-state index contributed by atoms with van der Waals surface area (Å²) >= 11 is 0. The summed E-state index contributed by atoms with van der Waals surface area (Å²) in [6.07, 6.45) is 3.56. The predicted octanol–water partition coefficient (Wildman–Crippen LogP) is 2.37. The molecule has 1 fully saturated rings. The second-order valence-corrected chi connectivity index (χ2v) is 6.26. The summed E-state index contributed by atoms with van der Waals surface area (Å²) < 4.78 is 5.69. The third-order valence-electron chi connectivity index (χ3n) is 4.28. The van der Waals surface area contributed by atoms with E-state index in [1.807, 2.05) is 11.8 Å². The lowest BCUT2D eigenvalue weighted by Crippen LogP contribution is -2.41. The van der Waals surface area contributed by atoms with E-state index in [1.165, 1.54) is 0 Å². The molecule has 1 amide bonds. The number of carbonyl (C=O) groups is 1. The van der Waals surface area contributed by atoms with Crippen LogP contribution in [-0.2, 0) is 16.0 Å². The molecule has 0 unspecified atom stereocenters. The van der Waals surface area contributed by atoms with Gasteiger partial charge in [0.25, 0.3) is 0 Å². The Morgan fingerprint density at radius 3 is 2.81 bits per heavy atom. The Balaban J connectivity index is 1.96. The van der Waals surface area contributed by atoms with Crippen molar-refractivity contribution >= 4 is 11.7 Å². The lowest BCUT2D eigenvalue weighted by molar-refractivity contribution is -0.119. The molecule has 1 atom stereocenters. The van der Waals surface area contributed by atoms with Gasteiger partial charge in [-0.15, -0.1) is 0 Å². The number of hydrogen-bond donors (Lipinski definition) is 0. The minimum atomic E-state index is 0.151. The van der Waals surface area contributed by atoms with Gasteiger partial charge in [-0.3, -0.25) is 9.69 Å². The van der Waals surface area contributed by atoms with Crippen molar-refractivity contribution in [1.82, 2.24) is 9.97 Å². The van der Waals surface area contributed by atoms with Crippen molar-refractivity contribution in [1.29, 1.82) is 0 Å². The molecule has 0 bridgehead atoms. The molecule has 5 nitrogen and oxygen atoms in total. The second kappa shape index (κ2) is 5.72. The summed E-state index contributed by atoms with van der Waals surface area (Å²) in [6, 6.07) is 0. The summed E-state index contributed by atoms with van der Waals surface area (Å²) in [5.41, 5.74) is 2.13. The molecular formula is C16H23N3O2. The number of aryl methyl sites for hydroxylation is 1. The van der Waals surface area contributed by atoms with E-state index in [0.717, 1.165) is 48.8 Å². The molecule has 0 N–H and O–H groups in total. The van der Waals surface area contributed by atoms with Crippen LogP contribution in [0.2, 0.25) is 0 Å². The highest BCUT2D eigenvalue weighted by molar-refractivity contribution is 5.95. The Labute approximate surface area is 125 Å². The second-order valence-electron chi connectivity index (χ2n) is 6.26. The van der Waals surface area contributed by atoms with E-state index in [0.29, 0.717) is 13.0 Å². The van der Waals surface area contributed by atoms with Crippen molar-refractivity contribution in [2.24, 2.45) is 0 Å². The molecule has 21 heavy (non-hydrogen) atoms. The van der Waals surface area contributed by atoms with Gasteiger partial charge in [-0.1, -0.05) is 13.8 Å². The van der Waals surface area contributed by atoms with Gasteiger partial charge < -0.3 is 4.74 Å². The molecule has 0 spiro atoms. The molecule has 3 heterocycles. The van der Waals surface area contributed by atoms with Crippen LogP contribution in [0.15, 0.2) is 0 Å². The molecule has 0 saturated carbocycles. The molecule has 2 aliphatic rings. The van der Waals surface area contributed by atoms with Gasteiger partial charge in [0.1, 0.15) is 11.6 Å².